The van der Waals surface area contributed by atoms with E-state index in [0.29, 0.717) is 29.5 Å². The molecule has 0 saturated heterocycles. The van der Waals surface area contributed by atoms with Gasteiger partial charge in [0.25, 0.3) is 0 Å². The van der Waals surface area contributed by atoms with E-state index < -0.39 is 5.97 Å². The van der Waals surface area contributed by atoms with Crippen LogP contribution in [0.5, 0.6) is 5.75 Å². The zero-order chi connectivity index (χ0) is 26.3. The van der Waals surface area contributed by atoms with Crippen LogP contribution in [0.15, 0.2) is 78.2 Å². The summed E-state index contributed by atoms with van der Waals surface area (Å²) in [4.78, 5) is 18.4. The number of nitrogens with zero attached hydrogens (tertiary/aromatic N) is 2. The highest BCUT2D eigenvalue weighted by molar-refractivity contribution is 7.14. The Morgan fingerprint density at radius 2 is 1.79 bits per heavy atom. The van der Waals surface area contributed by atoms with Crippen LogP contribution in [0.2, 0.25) is 0 Å². The minimum absolute atomic E-state index is 0.251. The van der Waals surface area contributed by atoms with Crippen molar-refractivity contribution in [2.75, 3.05) is 11.4 Å². The molecule has 0 aliphatic heterocycles. The van der Waals surface area contributed by atoms with Crippen molar-refractivity contribution in [3.05, 3.63) is 95.1 Å². The third-order valence-corrected chi connectivity index (χ3v) is 7.95. The molecule has 0 amide bonds. The fourth-order valence-electron chi connectivity index (χ4n) is 4.98. The molecule has 1 aliphatic rings. The fraction of sp³-hybridized carbons (Fsp3) is 0.290. The van der Waals surface area contributed by atoms with Crippen LogP contribution in [0.4, 0.5) is 15.2 Å². The number of carboxylic acids is 1. The normalized spacial score (nSPS) is 13.8. The predicted octanol–water partition coefficient (Wildman–Crippen LogP) is 8.33. The van der Waals surface area contributed by atoms with E-state index in [4.69, 9.17) is 9.72 Å². The molecule has 38 heavy (non-hydrogen) atoms. The van der Waals surface area contributed by atoms with Crippen LogP contribution >= 0.6 is 11.3 Å². The summed E-state index contributed by atoms with van der Waals surface area (Å²) in [5.41, 5.74) is 3.43. The van der Waals surface area contributed by atoms with Gasteiger partial charge in [0.15, 0.2) is 5.13 Å². The smallest absolute Gasteiger partial charge is 0.335 e. The van der Waals surface area contributed by atoms with Gasteiger partial charge in [-0.15, -0.1) is 11.3 Å². The van der Waals surface area contributed by atoms with Crippen molar-refractivity contribution in [1.82, 2.24) is 4.98 Å². The van der Waals surface area contributed by atoms with Crippen LogP contribution in [0, 0.1) is 11.7 Å². The minimum atomic E-state index is -0.948. The average Bonchev–Trinajstić information content (AvgIpc) is 3.44. The van der Waals surface area contributed by atoms with Gasteiger partial charge in [0.05, 0.1) is 11.3 Å². The van der Waals surface area contributed by atoms with E-state index in [2.05, 4.69) is 4.90 Å². The number of benzene rings is 3. The maximum Gasteiger partial charge on any atom is 0.335 e. The van der Waals surface area contributed by atoms with Gasteiger partial charge in [0.2, 0.25) is 0 Å². The number of hydrogen-bond acceptors (Lipinski definition) is 5. The molecule has 0 radical (unpaired) electrons. The Labute approximate surface area is 226 Å². The molecule has 0 spiro atoms. The molecule has 4 aromatic rings. The van der Waals surface area contributed by atoms with Gasteiger partial charge in [-0.05, 0) is 60.4 Å². The number of anilines is 2. The SMILES string of the molecule is O=C(O)c1ccc(N(CCC2CCCCC2)c2nc(-c3cc(F)ccc3OCc3ccccc3)cs2)cc1. The van der Waals surface area contributed by atoms with Crippen LogP contribution in [-0.4, -0.2) is 22.6 Å². The van der Waals surface area contributed by atoms with Gasteiger partial charge in [0.1, 0.15) is 18.2 Å². The second-order valence-corrected chi connectivity index (χ2v) is 10.6. The number of rotatable bonds is 10. The van der Waals surface area contributed by atoms with E-state index >= 15 is 0 Å². The van der Waals surface area contributed by atoms with Crippen LogP contribution in [-0.2, 0) is 6.61 Å². The number of halogens is 1. The van der Waals surface area contributed by atoms with Crippen molar-refractivity contribution >= 4 is 28.1 Å². The summed E-state index contributed by atoms with van der Waals surface area (Å²) in [6, 6.07) is 21.3. The molecule has 0 bridgehead atoms. The summed E-state index contributed by atoms with van der Waals surface area (Å²) in [5.74, 6) is -0.0344. The second kappa shape index (κ2) is 12.2. The summed E-state index contributed by atoms with van der Waals surface area (Å²) < 4.78 is 20.4. The van der Waals surface area contributed by atoms with Crippen molar-refractivity contribution in [1.29, 1.82) is 0 Å². The maximum absolute atomic E-state index is 14.3. The van der Waals surface area contributed by atoms with Crippen LogP contribution < -0.4 is 9.64 Å². The molecule has 1 aromatic heterocycles. The Morgan fingerprint density at radius 3 is 2.53 bits per heavy atom. The van der Waals surface area contributed by atoms with Gasteiger partial charge in [-0.1, -0.05) is 62.4 Å². The van der Waals surface area contributed by atoms with Gasteiger partial charge >= 0.3 is 5.97 Å². The standard InChI is InChI=1S/C31H31FN2O3S/c32-25-13-16-29(37-20-23-9-5-2-6-10-23)27(19-25)28-21-38-31(33-28)34(18-17-22-7-3-1-4-8-22)26-14-11-24(12-15-26)30(35)36/h2,5-6,9-16,19,21-22H,1,3-4,7-8,17-18,20H2,(H,35,36). The number of aromatic carboxylic acids is 1. The number of ether oxygens (including phenoxy) is 1. The average molecular weight is 531 g/mol. The maximum atomic E-state index is 14.3. The third kappa shape index (κ3) is 6.40. The number of aromatic nitrogens is 1. The number of hydrogen-bond donors (Lipinski definition) is 1. The Kier molecular flexibility index (Phi) is 8.34. The molecule has 1 fully saturated rings. The highest BCUT2D eigenvalue weighted by Gasteiger charge is 2.20. The molecule has 1 N–H and O–H groups in total. The van der Waals surface area contributed by atoms with Gasteiger partial charge < -0.3 is 14.7 Å². The fourth-order valence-corrected chi connectivity index (χ4v) is 5.85. The molecule has 3 aromatic carbocycles. The lowest BCUT2D eigenvalue weighted by Crippen LogP contribution is -2.22. The molecule has 1 aliphatic carbocycles. The monoisotopic (exact) mass is 530 g/mol. The van der Waals surface area contributed by atoms with E-state index in [1.54, 1.807) is 18.2 Å². The molecule has 1 saturated carbocycles. The quantitative estimate of drug-likeness (QED) is 0.223. The summed E-state index contributed by atoms with van der Waals surface area (Å²) in [6.45, 7) is 1.16. The van der Waals surface area contributed by atoms with Crippen molar-refractivity contribution in [2.45, 2.75) is 45.1 Å². The lowest BCUT2D eigenvalue weighted by atomic mass is 9.87. The van der Waals surface area contributed by atoms with E-state index in [9.17, 15) is 14.3 Å². The van der Waals surface area contributed by atoms with Gasteiger partial charge in [-0.3, -0.25) is 0 Å². The highest BCUT2D eigenvalue weighted by Crippen LogP contribution is 2.37. The van der Waals surface area contributed by atoms with E-state index in [0.717, 1.165) is 29.3 Å². The minimum Gasteiger partial charge on any atom is -0.488 e. The first-order chi connectivity index (χ1) is 18.6. The molecule has 7 heteroatoms. The Bertz CT molecular complexity index is 1350. The summed E-state index contributed by atoms with van der Waals surface area (Å²) in [6.07, 6.45) is 7.42. The van der Waals surface area contributed by atoms with E-state index in [1.165, 1.54) is 55.6 Å². The molecule has 1 heterocycles. The molecular weight excluding hydrogens is 499 g/mol. The molecule has 196 valence electrons. The third-order valence-electron chi connectivity index (χ3n) is 7.09. The molecule has 0 atom stereocenters. The Balaban J connectivity index is 1.41. The molecular formula is C31H31FN2O3S. The second-order valence-electron chi connectivity index (χ2n) is 9.73. The van der Waals surface area contributed by atoms with Crippen molar-refractivity contribution < 1.29 is 19.0 Å². The van der Waals surface area contributed by atoms with Crippen molar-refractivity contribution in [3.8, 4) is 17.0 Å². The van der Waals surface area contributed by atoms with Crippen molar-refractivity contribution in [2.24, 2.45) is 5.92 Å². The van der Waals surface area contributed by atoms with Gasteiger partial charge in [-0.25, -0.2) is 14.2 Å². The molecule has 5 nitrogen and oxygen atoms in total. The Morgan fingerprint density at radius 1 is 1.03 bits per heavy atom. The van der Waals surface area contributed by atoms with Crippen LogP contribution in [0.25, 0.3) is 11.3 Å². The summed E-state index contributed by atoms with van der Waals surface area (Å²) in [7, 11) is 0. The largest absolute Gasteiger partial charge is 0.488 e. The van der Waals surface area contributed by atoms with E-state index in [1.807, 2.05) is 47.8 Å². The first-order valence-corrected chi connectivity index (χ1v) is 14.0. The van der Waals surface area contributed by atoms with Crippen molar-refractivity contribution in [3.63, 3.8) is 0 Å². The first kappa shape index (κ1) is 25.9. The molecule has 0 unspecified atom stereocenters. The Hall–Kier alpha value is -3.71. The van der Waals surface area contributed by atoms with Gasteiger partial charge in [-0.2, -0.15) is 0 Å². The lowest BCUT2D eigenvalue weighted by molar-refractivity contribution is 0.0697. The van der Waals surface area contributed by atoms with E-state index in [-0.39, 0.29) is 11.4 Å². The number of carbonyl (C=O) groups is 1. The lowest BCUT2D eigenvalue weighted by Gasteiger charge is -2.27. The summed E-state index contributed by atoms with van der Waals surface area (Å²) in [5, 5.41) is 12.1. The number of carboxylic acid groups (broad SMARTS) is 1. The first-order valence-electron chi connectivity index (χ1n) is 13.1. The van der Waals surface area contributed by atoms with Gasteiger partial charge in [0, 0.05) is 23.2 Å². The highest BCUT2D eigenvalue weighted by atomic mass is 32.1. The zero-order valence-corrected chi connectivity index (χ0v) is 22.0. The van der Waals surface area contributed by atoms with Crippen LogP contribution in [0.3, 0.4) is 0 Å². The topological polar surface area (TPSA) is 62.7 Å². The zero-order valence-electron chi connectivity index (χ0n) is 21.2. The number of thiazole rings is 1. The molecule has 5 rings (SSSR count). The predicted molar refractivity (Wildman–Crippen MR) is 150 cm³/mol. The summed E-state index contributed by atoms with van der Waals surface area (Å²) >= 11 is 1.49. The van der Waals surface area contributed by atoms with Crippen LogP contribution in [0.1, 0.15) is 54.4 Å².